The van der Waals surface area contributed by atoms with Crippen LogP contribution in [-0.4, -0.2) is 43.0 Å². The minimum atomic E-state index is -0.0527. The van der Waals surface area contributed by atoms with E-state index in [1.807, 2.05) is 41.3 Å². The van der Waals surface area contributed by atoms with Crippen molar-refractivity contribution >= 4 is 11.8 Å². The van der Waals surface area contributed by atoms with Gasteiger partial charge in [0.1, 0.15) is 5.75 Å². The second kappa shape index (κ2) is 8.68. The number of carbonyl (C=O) groups excluding carboxylic acids is 2. The Morgan fingerprint density at radius 3 is 2.24 bits per heavy atom. The fraction of sp³-hybridized carbons (Fsp3) is 0.417. The van der Waals surface area contributed by atoms with Crippen LogP contribution in [0.1, 0.15) is 59.9 Å². The summed E-state index contributed by atoms with van der Waals surface area (Å²) < 4.78 is 5.20. The summed E-state index contributed by atoms with van der Waals surface area (Å²) in [5.41, 5.74) is 2.58. The second-order valence-corrected chi connectivity index (χ2v) is 8.60. The number of ether oxygens (including phenoxy) is 1. The van der Waals surface area contributed by atoms with E-state index in [1.54, 1.807) is 19.2 Å². The highest BCUT2D eigenvalue weighted by Crippen LogP contribution is 2.22. The number of likely N-dealkylation sites (tertiary alicyclic amines) is 1. The van der Waals surface area contributed by atoms with Gasteiger partial charge in [0, 0.05) is 30.3 Å². The molecule has 0 unspecified atom stereocenters. The Morgan fingerprint density at radius 2 is 1.66 bits per heavy atom. The molecule has 29 heavy (non-hydrogen) atoms. The lowest BCUT2D eigenvalue weighted by molar-refractivity contribution is 0.0697. The Kier molecular flexibility index (Phi) is 6.26. The standard InChI is InChI=1S/C24H30N2O3/c1-24(2,3)19-10-8-17(9-11-19)22(27)25-20-12-14-26(15-13-20)23(28)18-6-5-7-21(16-18)29-4/h5-11,16,20H,12-15H2,1-4H3,(H,25,27). The molecule has 0 radical (unpaired) electrons. The van der Waals surface area contributed by atoms with Crippen LogP contribution in [0, 0.1) is 0 Å². The van der Waals surface area contributed by atoms with Gasteiger partial charge in [-0.1, -0.05) is 39.0 Å². The van der Waals surface area contributed by atoms with Gasteiger partial charge < -0.3 is 15.0 Å². The molecule has 2 aromatic rings. The van der Waals surface area contributed by atoms with Crippen molar-refractivity contribution in [1.29, 1.82) is 0 Å². The third-order valence-corrected chi connectivity index (χ3v) is 5.45. The van der Waals surface area contributed by atoms with Crippen molar-refractivity contribution in [2.24, 2.45) is 0 Å². The largest absolute Gasteiger partial charge is 0.497 e. The van der Waals surface area contributed by atoms with Crippen molar-refractivity contribution in [2.45, 2.75) is 45.1 Å². The van der Waals surface area contributed by atoms with Crippen molar-refractivity contribution in [3.8, 4) is 5.75 Å². The highest BCUT2D eigenvalue weighted by Gasteiger charge is 2.25. The molecule has 3 rings (SSSR count). The third kappa shape index (κ3) is 5.17. The Morgan fingerprint density at radius 1 is 1.00 bits per heavy atom. The molecule has 0 atom stereocenters. The number of piperidine rings is 1. The number of benzene rings is 2. The molecule has 0 bridgehead atoms. The molecule has 1 fully saturated rings. The van der Waals surface area contributed by atoms with Crippen LogP contribution in [-0.2, 0) is 5.41 Å². The third-order valence-electron chi connectivity index (χ3n) is 5.45. The molecule has 0 aromatic heterocycles. The molecule has 0 aliphatic carbocycles. The van der Waals surface area contributed by atoms with Crippen molar-refractivity contribution in [2.75, 3.05) is 20.2 Å². The molecule has 1 N–H and O–H groups in total. The SMILES string of the molecule is COc1cccc(C(=O)N2CCC(NC(=O)c3ccc(C(C)(C)C)cc3)CC2)c1. The van der Waals surface area contributed by atoms with Gasteiger partial charge in [-0.25, -0.2) is 0 Å². The lowest BCUT2D eigenvalue weighted by Gasteiger charge is -2.32. The number of hydrogen-bond donors (Lipinski definition) is 1. The summed E-state index contributed by atoms with van der Waals surface area (Å²) in [6.07, 6.45) is 1.50. The minimum absolute atomic E-state index is 0.00597. The van der Waals surface area contributed by atoms with Crippen LogP contribution < -0.4 is 10.1 Å². The van der Waals surface area contributed by atoms with Gasteiger partial charge in [-0.3, -0.25) is 9.59 Å². The van der Waals surface area contributed by atoms with Gasteiger partial charge in [0.05, 0.1) is 7.11 Å². The van der Waals surface area contributed by atoms with E-state index >= 15 is 0 Å². The van der Waals surface area contributed by atoms with Crippen LogP contribution in [0.4, 0.5) is 0 Å². The number of hydrogen-bond acceptors (Lipinski definition) is 3. The van der Waals surface area contributed by atoms with Crippen LogP contribution in [0.5, 0.6) is 5.75 Å². The van der Waals surface area contributed by atoms with E-state index < -0.39 is 0 Å². The number of methoxy groups -OCH3 is 1. The summed E-state index contributed by atoms with van der Waals surface area (Å²) in [6.45, 7) is 7.72. The molecular formula is C24H30N2O3. The van der Waals surface area contributed by atoms with E-state index in [4.69, 9.17) is 4.74 Å². The molecule has 5 nitrogen and oxygen atoms in total. The van der Waals surface area contributed by atoms with E-state index in [9.17, 15) is 9.59 Å². The molecule has 1 aliphatic rings. The Labute approximate surface area is 173 Å². The van der Waals surface area contributed by atoms with Crippen LogP contribution in [0.25, 0.3) is 0 Å². The smallest absolute Gasteiger partial charge is 0.253 e. The first-order chi connectivity index (χ1) is 13.8. The van der Waals surface area contributed by atoms with Crippen LogP contribution in [0.15, 0.2) is 48.5 Å². The van der Waals surface area contributed by atoms with Gasteiger partial charge in [-0.05, 0) is 54.2 Å². The maximum atomic E-state index is 12.7. The highest BCUT2D eigenvalue weighted by atomic mass is 16.5. The van der Waals surface area contributed by atoms with Crippen molar-refractivity contribution < 1.29 is 14.3 Å². The lowest BCUT2D eigenvalue weighted by atomic mass is 9.86. The van der Waals surface area contributed by atoms with Crippen molar-refractivity contribution in [3.63, 3.8) is 0 Å². The van der Waals surface area contributed by atoms with Gasteiger partial charge in [0.25, 0.3) is 11.8 Å². The molecule has 1 heterocycles. The van der Waals surface area contributed by atoms with Gasteiger partial charge in [-0.2, -0.15) is 0 Å². The minimum Gasteiger partial charge on any atom is -0.497 e. The molecule has 0 spiro atoms. The first kappa shape index (κ1) is 20.9. The number of rotatable bonds is 4. The van der Waals surface area contributed by atoms with Gasteiger partial charge in [-0.15, -0.1) is 0 Å². The summed E-state index contributed by atoms with van der Waals surface area (Å²) in [4.78, 5) is 27.1. The monoisotopic (exact) mass is 394 g/mol. The maximum Gasteiger partial charge on any atom is 0.253 e. The summed E-state index contributed by atoms with van der Waals surface area (Å²) in [5.74, 6) is 0.630. The van der Waals surface area contributed by atoms with Crippen molar-refractivity contribution in [3.05, 3.63) is 65.2 Å². The molecule has 5 heteroatoms. The van der Waals surface area contributed by atoms with E-state index in [0.29, 0.717) is 30.0 Å². The summed E-state index contributed by atoms with van der Waals surface area (Å²) >= 11 is 0. The average Bonchev–Trinajstić information content (AvgIpc) is 2.73. The molecule has 154 valence electrons. The number of nitrogens with one attached hydrogen (secondary N) is 1. The summed E-state index contributed by atoms with van der Waals surface area (Å²) in [6, 6.07) is 15.1. The van der Waals surface area contributed by atoms with Gasteiger partial charge in [0.2, 0.25) is 0 Å². The quantitative estimate of drug-likeness (QED) is 0.852. The first-order valence-electron chi connectivity index (χ1n) is 10.1. The normalized spacial score (nSPS) is 15.1. The second-order valence-electron chi connectivity index (χ2n) is 8.60. The van der Waals surface area contributed by atoms with E-state index in [2.05, 4.69) is 26.1 Å². The Bertz CT molecular complexity index is 860. The zero-order valence-electron chi connectivity index (χ0n) is 17.7. The zero-order chi connectivity index (χ0) is 21.0. The fourth-order valence-electron chi connectivity index (χ4n) is 3.56. The fourth-order valence-corrected chi connectivity index (χ4v) is 3.56. The van der Waals surface area contributed by atoms with Crippen molar-refractivity contribution in [1.82, 2.24) is 10.2 Å². The van der Waals surface area contributed by atoms with Gasteiger partial charge in [0.15, 0.2) is 0 Å². The van der Waals surface area contributed by atoms with Crippen LogP contribution in [0.3, 0.4) is 0 Å². The molecule has 1 saturated heterocycles. The van der Waals surface area contributed by atoms with E-state index in [1.165, 1.54) is 5.56 Å². The predicted molar refractivity (Wildman–Crippen MR) is 115 cm³/mol. The number of nitrogens with zero attached hydrogens (tertiary/aromatic N) is 1. The maximum absolute atomic E-state index is 12.7. The predicted octanol–water partition coefficient (Wildman–Crippen LogP) is 4.03. The number of carbonyl (C=O) groups is 2. The number of amides is 2. The van der Waals surface area contributed by atoms with Crippen LogP contribution >= 0.6 is 0 Å². The Hall–Kier alpha value is -2.82. The molecule has 1 aliphatic heterocycles. The lowest BCUT2D eigenvalue weighted by Crippen LogP contribution is -2.46. The molecule has 2 aromatic carbocycles. The highest BCUT2D eigenvalue weighted by molar-refractivity contribution is 5.95. The average molecular weight is 395 g/mol. The summed E-state index contributed by atoms with van der Waals surface area (Å²) in [5, 5.41) is 3.11. The molecule has 2 amide bonds. The van der Waals surface area contributed by atoms with Gasteiger partial charge >= 0.3 is 0 Å². The Balaban J connectivity index is 1.54. The summed E-state index contributed by atoms with van der Waals surface area (Å²) in [7, 11) is 1.59. The molecule has 0 saturated carbocycles. The van der Waals surface area contributed by atoms with Crippen LogP contribution in [0.2, 0.25) is 0 Å². The first-order valence-corrected chi connectivity index (χ1v) is 10.1. The molecular weight excluding hydrogens is 364 g/mol. The topological polar surface area (TPSA) is 58.6 Å². The van der Waals surface area contributed by atoms with E-state index in [0.717, 1.165) is 12.8 Å². The van der Waals surface area contributed by atoms with E-state index in [-0.39, 0.29) is 23.3 Å². The zero-order valence-corrected chi connectivity index (χ0v) is 17.7.